The highest BCUT2D eigenvalue weighted by molar-refractivity contribution is 7.47. The van der Waals surface area contributed by atoms with Gasteiger partial charge in [0.15, 0.2) is 11.6 Å². The summed E-state index contributed by atoms with van der Waals surface area (Å²) in [5.74, 6) is -12.3. The molecule has 0 radical (unpaired) electrons. The Kier molecular flexibility index (Phi) is 4.44. The molecule has 0 amide bonds. The SMILES string of the molecule is CCPc1cc(F)c(F)c(C(F)(F)C(F)(F)F)c1F. The van der Waals surface area contributed by atoms with Crippen LogP contribution < -0.4 is 5.30 Å². The summed E-state index contributed by atoms with van der Waals surface area (Å²) < 4.78 is 102. The standard InChI is InChI=1S/C10H7F8P/c1-2-19-5-3-4(11)7(12)6(8(5)13)9(14,15)10(16,17)18/h3,19H,2H2,1H3. The highest BCUT2D eigenvalue weighted by Gasteiger charge is 2.61. The Hall–Kier alpha value is -0.910. The van der Waals surface area contributed by atoms with E-state index in [0.717, 1.165) is 0 Å². The average Bonchev–Trinajstić information content (AvgIpc) is 2.24. The Labute approximate surface area is 104 Å². The van der Waals surface area contributed by atoms with Gasteiger partial charge in [0.1, 0.15) is 11.4 Å². The monoisotopic (exact) mass is 310 g/mol. The average molecular weight is 310 g/mol. The minimum absolute atomic E-state index is 0.193. The van der Waals surface area contributed by atoms with Gasteiger partial charge in [-0.1, -0.05) is 15.5 Å². The van der Waals surface area contributed by atoms with Crippen LogP contribution in [0.25, 0.3) is 0 Å². The Morgan fingerprint density at radius 3 is 1.95 bits per heavy atom. The van der Waals surface area contributed by atoms with Gasteiger partial charge in [0.25, 0.3) is 0 Å². The molecule has 0 bridgehead atoms. The van der Waals surface area contributed by atoms with Crippen LogP contribution in [0.3, 0.4) is 0 Å². The molecule has 0 saturated carbocycles. The number of hydrogen-bond donors (Lipinski definition) is 0. The summed E-state index contributed by atoms with van der Waals surface area (Å²) in [6.07, 6.45) is -6.02. The van der Waals surface area contributed by atoms with Gasteiger partial charge in [0.05, 0.1) is 0 Å². The first-order chi connectivity index (χ1) is 8.54. The highest BCUT2D eigenvalue weighted by atomic mass is 31.1. The summed E-state index contributed by atoms with van der Waals surface area (Å²) in [6.45, 7) is 1.49. The molecule has 0 saturated heterocycles. The predicted octanol–water partition coefficient (Wildman–Crippen LogP) is 4.08. The summed E-state index contributed by atoms with van der Waals surface area (Å²) in [6, 6.07) is 0.294. The molecule has 0 N–H and O–H groups in total. The van der Waals surface area contributed by atoms with E-state index in [1.807, 2.05) is 0 Å². The highest BCUT2D eigenvalue weighted by Crippen LogP contribution is 2.46. The molecule has 0 nitrogen and oxygen atoms in total. The number of alkyl halides is 5. The third-order valence-electron chi connectivity index (χ3n) is 2.19. The van der Waals surface area contributed by atoms with E-state index < -0.39 is 49.0 Å². The van der Waals surface area contributed by atoms with Crippen LogP contribution in [0.1, 0.15) is 12.5 Å². The minimum Gasteiger partial charge on any atom is -0.206 e. The lowest BCUT2D eigenvalue weighted by Crippen LogP contribution is -2.37. The molecule has 0 aliphatic carbocycles. The van der Waals surface area contributed by atoms with Crippen molar-refractivity contribution >= 4 is 13.9 Å². The molecule has 0 aromatic heterocycles. The summed E-state index contributed by atoms with van der Waals surface area (Å²) in [5.41, 5.74) is -2.59. The van der Waals surface area contributed by atoms with Gasteiger partial charge in [-0.05, 0) is 12.2 Å². The molecule has 1 atom stereocenters. The van der Waals surface area contributed by atoms with Gasteiger partial charge in [0, 0.05) is 5.30 Å². The molecule has 1 rings (SSSR count). The Morgan fingerprint density at radius 2 is 1.53 bits per heavy atom. The van der Waals surface area contributed by atoms with Gasteiger partial charge in [0.2, 0.25) is 0 Å². The lowest BCUT2D eigenvalue weighted by atomic mass is 10.1. The van der Waals surface area contributed by atoms with Crippen LogP contribution >= 0.6 is 8.58 Å². The lowest BCUT2D eigenvalue weighted by molar-refractivity contribution is -0.291. The van der Waals surface area contributed by atoms with Crippen LogP contribution in [0.5, 0.6) is 0 Å². The minimum atomic E-state index is -6.21. The van der Waals surface area contributed by atoms with E-state index in [9.17, 15) is 35.1 Å². The van der Waals surface area contributed by atoms with E-state index in [1.165, 1.54) is 6.92 Å². The molecule has 0 aliphatic heterocycles. The molecular formula is C10H7F8P. The molecule has 9 heteroatoms. The van der Waals surface area contributed by atoms with Gasteiger partial charge in [-0.25, -0.2) is 13.2 Å². The number of benzene rings is 1. The maximum atomic E-state index is 13.5. The predicted molar refractivity (Wildman–Crippen MR) is 54.8 cm³/mol. The fourth-order valence-corrected chi connectivity index (χ4v) is 2.23. The van der Waals surface area contributed by atoms with E-state index in [2.05, 4.69) is 0 Å². The quantitative estimate of drug-likeness (QED) is 0.448. The first-order valence-electron chi connectivity index (χ1n) is 4.90. The van der Waals surface area contributed by atoms with E-state index in [-0.39, 0.29) is 6.16 Å². The second-order valence-corrected chi connectivity index (χ2v) is 5.11. The van der Waals surface area contributed by atoms with Crippen molar-refractivity contribution in [3.8, 4) is 0 Å². The normalized spacial score (nSPS) is 13.5. The molecule has 1 aromatic carbocycles. The maximum Gasteiger partial charge on any atom is 0.458 e. The van der Waals surface area contributed by atoms with Crippen LogP contribution in [0.15, 0.2) is 6.07 Å². The van der Waals surface area contributed by atoms with Gasteiger partial charge in [-0.15, -0.1) is 0 Å². The van der Waals surface area contributed by atoms with Crippen molar-refractivity contribution in [2.45, 2.75) is 19.0 Å². The van der Waals surface area contributed by atoms with Crippen molar-refractivity contribution in [3.05, 3.63) is 29.1 Å². The summed E-state index contributed by atoms with van der Waals surface area (Å²) in [5, 5.41) is -0.694. The van der Waals surface area contributed by atoms with Crippen molar-refractivity contribution in [3.63, 3.8) is 0 Å². The molecule has 1 aromatic rings. The lowest BCUT2D eigenvalue weighted by Gasteiger charge is -2.22. The largest absolute Gasteiger partial charge is 0.458 e. The van der Waals surface area contributed by atoms with E-state index >= 15 is 0 Å². The van der Waals surface area contributed by atoms with E-state index in [0.29, 0.717) is 6.07 Å². The Balaban J connectivity index is 3.59. The molecule has 19 heavy (non-hydrogen) atoms. The number of rotatable bonds is 3. The molecule has 0 spiro atoms. The van der Waals surface area contributed by atoms with Crippen molar-refractivity contribution < 1.29 is 35.1 Å². The third-order valence-corrected chi connectivity index (χ3v) is 3.29. The molecule has 0 heterocycles. The summed E-state index contributed by atoms with van der Waals surface area (Å²) >= 11 is 0. The van der Waals surface area contributed by atoms with Gasteiger partial charge in [-0.2, -0.15) is 22.0 Å². The fraction of sp³-hybridized carbons (Fsp3) is 0.400. The Bertz CT molecular complexity index is 479. The van der Waals surface area contributed by atoms with Crippen molar-refractivity contribution in [2.24, 2.45) is 0 Å². The van der Waals surface area contributed by atoms with Crippen molar-refractivity contribution in [1.82, 2.24) is 0 Å². The van der Waals surface area contributed by atoms with Crippen LogP contribution in [0.2, 0.25) is 0 Å². The van der Waals surface area contributed by atoms with Crippen molar-refractivity contribution in [2.75, 3.05) is 6.16 Å². The molecule has 0 fully saturated rings. The fourth-order valence-electron chi connectivity index (χ4n) is 1.34. The zero-order valence-corrected chi connectivity index (χ0v) is 10.3. The van der Waals surface area contributed by atoms with Gasteiger partial charge < -0.3 is 0 Å². The van der Waals surface area contributed by atoms with Crippen LogP contribution in [0.4, 0.5) is 35.1 Å². The van der Waals surface area contributed by atoms with Gasteiger partial charge in [-0.3, -0.25) is 0 Å². The first kappa shape index (κ1) is 16.1. The van der Waals surface area contributed by atoms with Crippen LogP contribution in [0, 0.1) is 17.5 Å². The maximum absolute atomic E-state index is 13.5. The van der Waals surface area contributed by atoms with Crippen LogP contribution in [-0.2, 0) is 5.92 Å². The number of hydrogen-bond acceptors (Lipinski definition) is 0. The first-order valence-corrected chi connectivity index (χ1v) is 6.11. The zero-order chi connectivity index (χ0) is 15.0. The summed E-state index contributed by atoms with van der Waals surface area (Å²) in [4.78, 5) is 0. The Morgan fingerprint density at radius 1 is 1.00 bits per heavy atom. The second kappa shape index (κ2) is 5.23. The molecule has 0 aliphatic rings. The number of halogens is 8. The summed E-state index contributed by atoms with van der Waals surface area (Å²) in [7, 11) is -0.545. The molecular weight excluding hydrogens is 303 g/mol. The second-order valence-electron chi connectivity index (χ2n) is 3.51. The molecule has 108 valence electrons. The van der Waals surface area contributed by atoms with Crippen molar-refractivity contribution in [1.29, 1.82) is 0 Å². The zero-order valence-electron chi connectivity index (χ0n) is 9.31. The van der Waals surface area contributed by atoms with Crippen LogP contribution in [-0.4, -0.2) is 12.3 Å². The smallest absolute Gasteiger partial charge is 0.206 e. The topological polar surface area (TPSA) is 0 Å². The van der Waals surface area contributed by atoms with E-state index in [4.69, 9.17) is 0 Å². The molecule has 1 unspecified atom stereocenters. The van der Waals surface area contributed by atoms with E-state index in [1.54, 1.807) is 0 Å². The third kappa shape index (κ3) is 2.83. The van der Waals surface area contributed by atoms with Gasteiger partial charge >= 0.3 is 12.1 Å².